The monoisotopic (exact) mass is 393 g/mol. The normalized spacial score (nSPS) is 11.0. The average Bonchev–Trinajstić information content (AvgIpc) is 2.72. The zero-order chi connectivity index (χ0) is 20.5. The van der Waals surface area contributed by atoms with Crippen LogP contribution >= 0.6 is 0 Å². The van der Waals surface area contributed by atoms with E-state index in [0.717, 1.165) is 17.7 Å². The highest BCUT2D eigenvalue weighted by molar-refractivity contribution is 5.96. The van der Waals surface area contributed by atoms with Crippen molar-refractivity contribution in [3.63, 3.8) is 0 Å². The van der Waals surface area contributed by atoms with Gasteiger partial charge in [0.1, 0.15) is 11.3 Å². The van der Waals surface area contributed by atoms with Gasteiger partial charge in [0.05, 0.1) is 0 Å². The summed E-state index contributed by atoms with van der Waals surface area (Å²) in [6.07, 6.45) is 0. The molecule has 3 aromatic carbocycles. The molecule has 0 amide bonds. The second-order valence-electron chi connectivity index (χ2n) is 6.71. The van der Waals surface area contributed by atoms with Crippen LogP contribution in [0.25, 0.3) is 22.1 Å². The lowest BCUT2D eigenvalue weighted by Gasteiger charge is -2.14. The molecular weight excluding hydrogens is 376 g/mol. The Hall–Kier alpha value is -3.67. The zero-order valence-electron chi connectivity index (χ0n) is 15.5. The van der Waals surface area contributed by atoms with E-state index in [1.165, 1.54) is 12.1 Å². The molecule has 0 radical (unpaired) electrons. The number of hydrogen-bond donors (Lipinski definition) is 2. The van der Waals surface area contributed by atoms with E-state index in [0.29, 0.717) is 33.3 Å². The van der Waals surface area contributed by atoms with E-state index in [1.807, 2.05) is 30.3 Å². The summed E-state index contributed by atoms with van der Waals surface area (Å²) in [7, 11) is 0. The Morgan fingerprint density at radius 2 is 1.76 bits per heavy atom. The average molecular weight is 393 g/mol. The molecule has 4 aromatic rings. The molecule has 4 rings (SSSR count). The van der Waals surface area contributed by atoms with Crippen LogP contribution in [-0.2, 0) is 6.54 Å². The third-order valence-corrected chi connectivity index (χ3v) is 4.81. The van der Waals surface area contributed by atoms with Crippen molar-refractivity contribution in [2.75, 3.05) is 5.32 Å². The minimum atomic E-state index is -0.956. The van der Waals surface area contributed by atoms with Gasteiger partial charge in [-0.3, -0.25) is 0 Å². The first-order valence-electron chi connectivity index (χ1n) is 8.97. The van der Waals surface area contributed by atoms with E-state index in [-0.39, 0.29) is 12.3 Å². The fraction of sp³-hybridized carbons (Fsp3) is 0.0870. The Balaban J connectivity index is 1.81. The van der Waals surface area contributed by atoms with Crippen molar-refractivity contribution in [3.05, 3.63) is 93.8 Å². The first kappa shape index (κ1) is 18.7. The third kappa shape index (κ3) is 3.57. The molecule has 0 aliphatic rings. The molecule has 0 atom stereocenters. The second-order valence-corrected chi connectivity index (χ2v) is 6.71. The number of benzene rings is 3. The fourth-order valence-electron chi connectivity index (χ4n) is 3.31. The largest absolute Gasteiger partial charge is 0.507 e. The van der Waals surface area contributed by atoms with Gasteiger partial charge in [-0.1, -0.05) is 30.3 Å². The molecule has 0 aliphatic carbocycles. The minimum absolute atomic E-state index is 0.0269. The van der Waals surface area contributed by atoms with Crippen molar-refractivity contribution in [3.8, 4) is 16.9 Å². The molecule has 0 saturated carbocycles. The molecular formula is C23H17F2NO3. The third-order valence-electron chi connectivity index (χ3n) is 4.81. The predicted molar refractivity (Wildman–Crippen MR) is 108 cm³/mol. The molecule has 1 aromatic heterocycles. The number of phenolic OH excluding ortho intramolecular Hbond substituents is 1. The number of halogens is 2. The van der Waals surface area contributed by atoms with E-state index in [9.17, 15) is 18.7 Å². The van der Waals surface area contributed by atoms with E-state index < -0.39 is 17.3 Å². The van der Waals surface area contributed by atoms with Crippen molar-refractivity contribution in [2.45, 2.75) is 13.5 Å². The van der Waals surface area contributed by atoms with Crippen molar-refractivity contribution in [2.24, 2.45) is 0 Å². The molecule has 0 unspecified atom stereocenters. The Morgan fingerprint density at radius 3 is 2.48 bits per heavy atom. The number of fused-ring (bicyclic) bond motifs is 1. The molecule has 0 spiro atoms. The summed E-state index contributed by atoms with van der Waals surface area (Å²) in [4.78, 5) is 12.1. The number of rotatable bonds is 4. The lowest BCUT2D eigenvalue weighted by Crippen LogP contribution is -2.04. The van der Waals surface area contributed by atoms with E-state index in [2.05, 4.69) is 5.32 Å². The van der Waals surface area contributed by atoms with Crippen LogP contribution in [0.5, 0.6) is 5.75 Å². The Kier molecular flexibility index (Phi) is 4.76. The maximum absolute atomic E-state index is 13.4. The van der Waals surface area contributed by atoms with Crippen molar-refractivity contribution < 1.29 is 18.3 Å². The summed E-state index contributed by atoms with van der Waals surface area (Å²) in [6, 6.07) is 16.0. The molecule has 4 nitrogen and oxygen atoms in total. The Morgan fingerprint density at radius 1 is 1.00 bits per heavy atom. The van der Waals surface area contributed by atoms with Gasteiger partial charge >= 0.3 is 5.63 Å². The highest BCUT2D eigenvalue weighted by Gasteiger charge is 2.16. The van der Waals surface area contributed by atoms with Gasteiger partial charge in [0, 0.05) is 40.9 Å². The van der Waals surface area contributed by atoms with Crippen LogP contribution in [0.3, 0.4) is 0 Å². The van der Waals surface area contributed by atoms with E-state index in [4.69, 9.17) is 4.42 Å². The van der Waals surface area contributed by atoms with Gasteiger partial charge in [-0.25, -0.2) is 13.6 Å². The Bertz CT molecular complexity index is 1270. The quantitative estimate of drug-likeness (QED) is 0.458. The van der Waals surface area contributed by atoms with Crippen LogP contribution in [0, 0.1) is 18.6 Å². The Labute approximate surface area is 165 Å². The first-order valence-corrected chi connectivity index (χ1v) is 8.97. The summed E-state index contributed by atoms with van der Waals surface area (Å²) < 4.78 is 31.9. The zero-order valence-corrected chi connectivity index (χ0v) is 15.5. The van der Waals surface area contributed by atoms with Gasteiger partial charge in [-0.2, -0.15) is 0 Å². The number of nitrogens with one attached hydrogen (secondary N) is 1. The van der Waals surface area contributed by atoms with Gasteiger partial charge in [0.25, 0.3) is 0 Å². The molecule has 6 heteroatoms. The SMILES string of the molecule is Cc1c(O)c(CNc2ccc(F)c(F)c2)cc2c(-c3ccccc3)cc(=O)oc12. The van der Waals surface area contributed by atoms with Crippen molar-refractivity contribution >= 4 is 16.7 Å². The predicted octanol–water partition coefficient (Wildman–Crippen LogP) is 5.36. The summed E-state index contributed by atoms with van der Waals surface area (Å²) in [5, 5.41) is 14.2. The van der Waals surface area contributed by atoms with Gasteiger partial charge in [-0.15, -0.1) is 0 Å². The van der Waals surface area contributed by atoms with Gasteiger partial charge in [-0.05, 0) is 36.2 Å². The molecule has 0 bridgehead atoms. The standard InChI is InChI=1S/C23H17F2NO3/c1-13-22(28)15(12-26-16-7-8-19(24)20(25)10-16)9-18-17(11-21(27)29-23(13)18)14-5-3-2-4-6-14/h2-11,26,28H,12H2,1H3. The molecule has 0 aliphatic heterocycles. The minimum Gasteiger partial charge on any atom is -0.507 e. The number of anilines is 1. The van der Waals surface area contributed by atoms with E-state index in [1.54, 1.807) is 13.0 Å². The summed E-state index contributed by atoms with van der Waals surface area (Å²) in [5.41, 5.74) is 2.68. The highest BCUT2D eigenvalue weighted by Crippen LogP contribution is 2.35. The van der Waals surface area contributed by atoms with Crippen LogP contribution in [0.15, 0.2) is 69.9 Å². The fourth-order valence-corrected chi connectivity index (χ4v) is 3.31. The molecule has 0 saturated heterocycles. The number of aryl methyl sites for hydroxylation is 1. The molecule has 0 fully saturated rings. The van der Waals surface area contributed by atoms with Crippen molar-refractivity contribution in [1.82, 2.24) is 0 Å². The van der Waals surface area contributed by atoms with E-state index >= 15 is 0 Å². The highest BCUT2D eigenvalue weighted by atomic mass is 19.2. The molecule has 146 valence electrons. The van der Waals surface area contributed by atoms with Gasteiger partial charge in [0.2, 0.25) is 0 Å². The second kappa shape index (κ2) is 7.39. The van der Waals surface area contributed by atoms with Crippen LogP contribution in [0.4, 0.5) is 14.5 Å². The topological polar surface area (TPSA) is 62.5 Å². The van der Waals surface area contributed by atoms with Crippen LogP contribution in [-0.4, -0.2) is 5.11 Å². The van der Waals surface area contributed by atoms with Crippen LogP contribution in [0.1, 0.15) is 11.1 Å². The smallest absolute Gasteiger partial charge is 0.336 e. The van der Waals surface area contributed by atoms with Crippen molar-refractivity contribution in [1.29, 1.82) is 0 Å². The lowest BCUT2D eigenvalue weighted by molar-refractivity contribution is 0.462. The molecule has 29 heavy (non-hydrogen) atoms. The number of hydrogen-bond acceptors (Lipinski definition) is 4. The number of aromatic hydroxyl groups is 1. The van der Waals surface area contributed by atoms with Gasteiger partial charge < -0.3 is 14.8 Å². The van der Waals surface area contributed by atoms with Crippen LogP contribution < -0.4 is 10.9 Å². The summed E-state index contributed by atoms with van der Waals surface area (Å²) >= 11 is 0. The van der Waals surface area contributed by atoms with Crippen LogP contribution in [0.2, 0.25) is 0 Å². The molecule has 1 heterocycles. The lowest BCUT2D eigenvalue weighted by atomic mass is 9.97. The first-order chi connectivity index (χ1) is 13.9. The summed E-state index contributed by atoms with van der Waals surface area (Å²) in [6.45, 7) is 1.83. The number of phenols is 1. The maximum Gasteiger partial charge on any atom is 0.336 e. The summed E-state index contributed by atoms with van der Waals surface area (Å²) in [5.74, 6) is -1.91. The van der Waals surface area contributed by atoms with Gasteiger partial charge in [0.15, 0.2) is 11.6 Å². The molecule has 2 N–H and O–H groups in total. The maximum atomic E-state index is 13.4.